The van der Waals surface area contributed by atoms with Crippen LogP contribution in [0.3, 0.4) is 0 Å². The Labute approximate surface area is 96.1 Å². The van der Waals surface area contributed by atoms with E-state index >= 15 is 0 Å². The van der Waals surface area contributed by atoms with E-state index in [4.69, 9.17) is 5.73 Å². The van der Waals surface area contributed by atoms with E-state index in [1.165, 1.54) is 11.1 Å². The first kappa shape index (κ1) is 10.6. The topological polar surface area (TPSA) is 38.0 Å². The summed E-state index contributed by atoms with van der Waals surface area (Å²) in [5, 5.41) is 3.11. The molecule has 0 saturated carbocycles. The van der Waals surface area contributed by atoms with Crippen LogP contribution in [0.1, 0.15) is 5.56 Å². The zero-order valence-corrected chi connectivity index (χ0v) is 9.62. The molecule has 0 amide bonds. The van der Waals surface area contributed by atoms with Crippen LogP contribution in [0, 0.1) is 6.92 Å². The molecule has 0 aromatic heterocycles. The van der Waals surface area contributed by atoms with Crippen LogP contribution in [-0.2, 0) is 0 Å². The van der Waals surface area contributed by atoms with Crippen molar-refractivity contribution in [3.63, 3.8) is 0 Å². The van der Waals surface area contributed by atoms with Crippen LogP contribution in [0.2, 0.25) is 0 Å². The Kier molecular flexibility index (Phi) is 2.82. The Bertz CT molecular complexity index is 487. The zero-order chi connectivity index (χ0) is 11.5. The fraction of sp³-hybridized carbons (Fsp3) is 0.143. The van der Waals surface area contributed by atoms with Gasteiger partial charge in [-0.25, -0.2) is 0 Å². The molecule has 0 aliphatic rings. The van der Waals surface area contributed by atoms with Gasteiger partial charge in [0.05, 0.1) is 0 Å². The number of nitrogen functional groups attached to an aromatic ring is 1. The first-order chi connectivity index (χ1) is 7.70. The zero-order valence-electron chi connectivity index (χ0n) is 9.62. The second-order valence-electron chi connectivity index (χ2n) is 3.90. The lowest BCUT2D eigenvalue weighted by Gasteiger charge is -2.06. The van der Waals surface area contributed by atoms with Crippen LogP contribution < -0.4 is 11.1 Å². The molecule has 0 heterocycles. The average molecular weight is 212 g/mol. The van der Waals surface area contributed by atoms with Gasteiger partial charge in [0.15, 0.2) is 0 Å². The van der Waals surface area contributed by atoms with E-state index in [0.717, 1.165) is 16.9 Å². The Morgan fingerprint density at radius 2 is 1.56 bits per heavy atom. The normalized spacial score (nSPS) is 10.1. The molecule has 16 heavy (non-hydrogen) atoms. The molecule has 0 atom stereocenters. The van der Waals surface area contributed by atoms with Gasteiger partial charge in [0.1, 0.15) is 0 Å². The van der Waals surface area contributed by atoms with E-state index in [-0.39, 0.29) is 0 Å². The highest BCUT2D eigenvalue weighted by Gasteiger charge is 1.99. The Morgan fingerprint density at radius 3 is 2.12 bits per heavy atom. The highest BCUT2D eigenvalue weighted by Crippen LogP contribution is 2.24. The molecular formula is C14H16N2. The highest BCUT2D eigenvalue weighted by atomic mass is 14.8. The number of nitrogens with one attached hydrogen (secondary N) is 1. The van der Waals surface area contributed by atoms with Gasteiger partial charge in [-0.05, 0) is 47.9 Å². The van der Waals surface area contributed by atoms with Crippen molar-refractivity contribution in [1.82, 2.24) is 0 Å². The van der Waals surface area contributed by atoms with Crippen LogP contribution >= 0.6 is 0 Å². The number of anilines is 2. The summed E-state index contributed by atoms with van der Waals surface area (Å²) in [6.07, 6.45) is 0. The average Bonchev–Trinajstić information content (AvgIpc) is 2.33. The molecule has 2 rings (SSSR count). The van der Waals surface area contributed by atoms with Gasteiger partial charge in [-0.15, -0.1) is 0 Å². The van der Waals surface area contributed by atoms with Gasteiger partial charge < -0.3 is 11.1 Å². The van der Waals surface area contributed by atoms with Gasteiger partial charge in [0.2, 0.25) is 0 Å². The number of hydrogen-bond acceptors (Lipinski definition) is 2. The molecule has 0 bridgehead atoms. The summed E-state index contributed by atoms with van der Waals surface area (Å²) in [6, 6.07) is 14.5. The third-order valence-corrected chi connectivity index (χ3v) is 2.78. The van der Waals surface area contributed by atoms with Crippen LogP contribution in [0.25, 0.3) is 11.1 Å². The van der Waals surface area contributed by atoms with Crippen LogP contribution in [-0.4, -0.2) is 7.05 Å². The lowest BCUT2D eigenvalue weighted by atomic mass is 10.0. The number of benzene rings is 2. The van der Waals surface area contributed by atoms with Crippen molar-refractivity contribution in [2.45, 2.75) is 6.92 Å². The maximum absolute atomic E-state index is 5.80. The maximum Gasteiger partial charge on any atom is 0.0344 e. The second-order valence-corrected chi connectivity index (χ2v) is 3.90. The van der Waals surface area contributed by atoms with E-state index in [1.807, 2.05) is 20.0 Å². The summed E-state index contributed by atoms with van der Waals surface area (Å²) >= 11 is 0. The molecule has 2 aromatic carbocycles. The minimum atomic E-state index is 0.843. The predicted octanol–water partition coefficient (Wildman–Crippen LogP) is 3.29. The molecule has 2 aromatic rings. The molecule has 0 spiro atoms. The fourth-order valence-corrected chi connectivity index (χ4v) is 1.68. The molecule has 0 aliphatic carbocycles. The molecular weight excluding hydrogens is 196 g/mol. The lowest BCUT2D eigenvalue weighted by Crippen LogP contribution is -1.90. The van der Waals surface area contributed by atoms with Gasteiger partial charge >= 0.3 is 0 Å². The summed E-state index contributed by atoms with van der Waals surface area (Å²) in [5.74, 6) is 0. The lowest BCUT2D eigenvalue weighted by molar-refractivity contribution is 1.46. The Morgan fingerprint density at radius 1 is 0.938 bits per heavy atom. The molecule has 2 heteroatoms. The fourth-order valence-electron chi connectivity index (χ4n) is 1.68. The first-order valence-electron chi connectivity index (χ1n) is 5.35. The van der Waals surface area contributed by atoms with Gasteiger partial charge in [-0.3, -0.25) is 0 Å². The van der Waals surface area contributed by atoms with E-state index in [9.17, 15) is 0 Å². The molecule has 0 radical (unpaired) electrons. The predicted molar refractivity (Wildman–Crippen MR) is 70.6 cm³/mol. The smallest absolute Gasteiger partial charge is 0.0344 e. The van der Waals surface area contributed by atoms with Crippen molar-refractivity contribution in [3.05, 3.63) is 48.0 Å². The minimum Gasteiger partial charge on any atom is -0.399 e. The number of hydrogen-bond donors (Lipinski definition) is 2. The van der Waals surface area contributed by atoms with Crippen molar-refractivity contribution < 1.29 is 0 Å². The Hall–Kier alpha value is -1.96. The molecule has 3 N–H and O–H groups in total. The molecule has 2 nitrogen and oxygen atoms in total. The summed E-state index contributed by atoms with van der Waals surface area (Å²) in [5.41, 5.74) is 11.3. The number of rotatable bonds is 2. The van der Waals surface area contributed by atoms with Crippen molar-refractivity contribution >= 4 is 11.4 Å². The van der Waals surface area contributed by atoms with Crippen LogP contribution in [0.15, 0.2) is 42.5 Å². The Balaban J connectivity index is 2.38. The number of nitrogens with two attached hydrogens (primary N) is 1. The van der Waals surface area contributed by atoms with E-state index in [1.54, 1.807) is 0 Å². The van der Waals surface area contributed by atoms with Crippen LogP contribution in [0.5, 0.6) is 0 Å². The largest absolute Gasteiger partial charge is 0.399 e. The first-order valence-corrected chi connectivity index (χ1v) is 5.35. The molecule has 82 valence electrons. The standard InChI is InChI=1S/C14H16N2/c1-10-9-12(5-8-14(10)15)11-3-6-13(16-2)7-4-11/h3-9,16H,15H2,1-2H3. The highest BCUT2D eigenvalue weighted by molar-refractivity contribution is 5.69. The monoisotopic (exact) mass is 212 g/mol. The number of aryl methyl sites for hydroxylation is 1. The molecule has 0 saturated heterocycles. The van der Waals surface area contributed by atoms with Crippen molar-refractivity contribution in [1.29, 1.82) is 0 Å². The van der Waals surface area contributed by atoms with E-state index in [0.29, 0.717) is 0 Å². The van der Waals surface area contributed by atoms with Gasteiger partial charge in [-0.2, -0.15) is 0 Å². The summed E-state index contributed by atoms with van der Waals surface area (Å²) < 4.78 is 0. The molecule has 0 fully saturated rings. The van der Waals surface area contributed by atoms with E-state index in [2.05, 4.69) is 41.7 Å². The second kappa shape index (κ2) is 4.27. The SMILES string of the molecule is CNc1ccc(-c2ccc(N)c(C)c2)cc1. The minimum absolute atomic E-state index is 0.843. The summed E-state index contributed by atoms with van der Waals surface area (Å²) in [6.45, 7) is 2.03. The van der Waals surface area contributed by atoms with E-state index < -0.39 is 0 Å². The quantitative estimate of drug-likeness (QED) is 0.750. The van der Waals surface area contributed by atoms with Crippen molar-refractivity contribution in [2.75, 3.05) is 18.1 Å². The van der Waals surface area contributed by atoms with Gasteiger partial charge in [0.25, 0.3) is 0 Å². The molecule has 0 aliphatic heterocycles. The summed E-state index contributed by atoms with van der Waals surface area (Å²) in [7, 11) is 1.92. The van der Waals surface area contributed by atoms with Crippen LogP contribution in [0.4, 0.5) is 11.4 Å². The van der Waals surface area contributed by atoms with Crippen molar-refractivity contribution in [2.24, 2.45) is 0 Å². The van der Waals surface area contributed by atoms with Crippen molar-refractivity contribution in [3.8, 4) is 11.1 Å². The third kappa shape index (κ3) is 2.01. The third-order valence-electron chi connectivity index (χ3n) is 2.78. The molecule has 0 unspecified atom stereocenters. The summed E-state index contributed by atoms with van der Waals surface area (Å²) in [4.78, 5) is 0. The maximum atomic E-state index is 5.80. The van der Waals surface area contributed by atoms with Gasteiger partial charge in [-0.1, -0.05) is 18.2 Å². The van der Waals surface area contributed by atoms with Gasteiger partial charge in [0, 0.05) is 18.4 Å².